The number of carbonyl (C=O) groups is 1. The summed E-state index contributed by atoms with van der Waals surface area (Å²) in [5.41, 5.74) is 0.436. The lowest BCUT2D eigenvalue weighted by molar-refractivity contribution is 0.0523. The van der Waals surface area contributed by atoms with E-state index >= 15 is 0 Å². The molecule has 1 rings (SSSR count). The van der Waals surface area contributed by atoms with Crippen molar-refractivity contribution in [2.75, 3.05) is 7.11 Å². The highest BCUT2D eigenvalue weighted by atomic mass is 16.6. The van der Waals surface area contributed by atoms with Crippen LogP contribution in [0, 0.1) is 0 Å². The summed E-state index contributed by atoms with van der Waals surface area (Å²) in [5.74, 6) is 0.753. The van der Waals surface area contributed by atoms with Gasteiger partial charge in [-0.25, -0.2) is 4.79 Å². The monoisotopic (exact) mass is 237 g/mol. The third kappa shape index (κ3) is 4.76. The fourth-order valence-corrected chi connectivity index (χ4v) is 1.33. The highest BCUT2D eigenvalue weighted by Crippen LogP contribution is 2.16. The Morgan fingerprint density at radius 1 is 1.29 bits per heavy atom. The number of hydrogen-bond acceptors (Lipinski definition) is 3. The van der Waals surface area contributed by atoms with E-state index in [0.29, 0.717) is 6.54 Å². The Labute approximate surface area is 102 Å². The maximum atomic E-state index is 11.5. The van der Waals surface area contributed by atoms with Crippen LogP contribution in [-0.2, 0) is 11.3 Å². The highest BCUT2D eigenvalue weighted by Gasteiger charge is 2.16. The van der Waals surface area contributed by atoms with Crippen LogP contribution in [0.2, 0.25) is 0 Å². The van der Waals surface area contributed by atoms with Crippen molar-refractivity contribution in [3.63, 3.8) is 0 Å². The van der Waals surface area contributed by atoms with Gasteiger partial charge in [0.25, 0.3) is 0 Å². The number of hydrogen-bond donors (Lipinski definition) is 1. The number of carbonyl (C=O) groups excluding carboxylic acids is 1. The van der Waals surface area contributed by atoms with Crippen molar-refractivity contribution < 1.29 is 14.3 Å². The van der Waals surface area contributed by atoms with Gasteiger partial charge in [-0.15, -0.1) is 0 Å². The molecule has 4 nitrogen and oxygen atoms in total. The summed E-state index contributed by atoms with van der Waals surface area (Å²) in [5, 5.41) is 2.69. The van der Waals surface area contributed by atoms with Gasteiger partial charge < -0.3 is 14.8 Å². The van der Waals surface area contributed by atoms with Crippen LogP contribution in [0.25, 0.3) is 0 Å². The van der Waals surface area contributed by atoms with E-state index in [1.165, 1.54) is 0 Å². The third-order valence-electron chi connectivity index (χ3n) is 2.01. The Kier molecular flexibility index (Phi) is 4.37. The number of ether oxygens (including phenoxy) is 2. The molecule has 0 aromatic heterocycles. The van der Waals surface area contributed by atoms with Crippen LogP contribution >= 0.6 is 0 Å². The van der Waals surface area contributed by atoms with Gasteiger partial charge >= 0.3 is 6.09 Å². The zero-order valence-electron chi connectivity index (χ0n) is 10.7. The molecule has 0 fully saturated rings. The molecule has 0 aliphatic carbocycles. The van der Waals surface area contributed by atoms with Crippen molar-refractivity contribution in [1.82, 2.24) is 5.32 Å². The van der Waals surface area contributed by atoms with E-state index < -0.39 is 11.7 Å². The summed E-state index contributed by atoms with van der Waals surface area (Å²) < 4.78 is 10.3. The predicted octanol–water partition coefficient (Wildman–Crippen LogP) is 2.72. The summed E-state index contributed by atoms with van der Waals surface area (Å²) in [6, 6.07) is 7.53. The topological polar surface area (TPSA) is 47.6 Å². The minimum Gasteiger partial charge on any atom is -0.496 e. The first-order valence-corrected chi connectivity index (χ1v) is 5.51. The quantitative estimate of drug-likeness (QED) is 0.879. The standard InChI is InChI=1S/C13H19NO3/c1-13(2,3)17-12(15)14-9-10-7-5-6-8-11(10)16-4/h5-8H,9H2,1-4H3,(H,14,15). The third-order valence-corrected chi connectivity index (χ3v) is 2.01. The summed E-state index contributed by atoms with van der Waals surface area (Å²) in [7, 11) is 1.60. The summed E-state index contributed by atoms with van der Waals surface area (Å²) in [6.45, 7) is 5.87. The number of methoxy groups -OCH3 is 1. The molecule has 0 saturated heterocycles. The lowest BCUT2D eigenvalue weighted by Gasteiger charge is -2.19. The number of nitrogens with one attached hydrogen (secondary N) is 1. The average Bonchev–Trinajstić information content (AvgIpc) is 2.24. The lowest BCUT2D eigenvalue weighted by Crippen LogP contribution is -2.32. The molecule has 94 valence electrons. The molecule has 0 bridgehead atoms. The van der Waals surface area contributed by atoms with E-state index in [9.17, 15) is 4.79 Å². The van der Waals surface area contributed by atoms with Crippen LogP contribution in [-0.4, -0.2) is 18.8 Å². The van der Waals surface area contributed by atoms with Crippen LogP contribution in [0.1, 0.15) is 26.3 Å². The molecule has 0 heterocycles. The highest BCUT2D eigenvalue weighted by molar-refractivity contribution is 5.67. The normalized spacial score (nSPS) is 10.8. The predicted molar refractivity (Wildman–Crippen MR) is 66.1 cm³/mol. The van der Waals surface area contributed by atoms with Crippen LogP contribution in [0.15, 0.2) is 24.3 Å². The molecule has 0 unspecified atom stereocenters. The van der Waals surface area contributed by atoms with Gasteiger partial charge in [0.1, 0.15) is 11.4 Å². The Hall–Kier alpha value is -1.71. The molecular formula is C13H19NO3. The first-order chi connectivity index (χ1) is 7.92. The van der Waals surface area contributed by atoms with Crippen molar-refractivity contribution in [2.24, 2.45) is 0 Å². The first-order valence-electron chi connectivity index (χ1n) is 5.51. The maximum Gasteiger partial charge on any atom is 0.407 e. The van der Waals surface area contributed by atoms with Crippen molar-refractivity contribution in [3.8, 4) is 5.75 Å². The average molecular weight is 237 g/mol. The van der Waals surface area contributed by atoms with Gasteiger partial charge in [-0.3, -0.25) is 0 Å². The molecular weight excluding hydrogens is 218 g/mol. The van der Waals surface area contributed by atoms with E-state index in [4.69, 9.17) is 9.47 Å². The minimum atomic E-state index is -0.481. The Morgan fingerprint density at radius 2 is 1.94 bits per heavy atom. The molecule has 0 aliphatic heterocycles. The second kappa shape index (κ2) is 5.57. The SMILES string of the molecule is COc1ccccc1CNC(=O)OC(C)(C)C. The molecule has 0 radical (unpaired) electrons. The summed E-state index contributed by atoms with van der Waals surface area (Å²) >= 11 is 0. The second-order valence-electron chi connectivity index (χ2n) is 4.67. The second-order valence-corrected chi connectivity index (χ2v) is 4.67. The lowest BCUT2D eigenvalue weighted by atomic mass is 10.2. The van der Waals surface area contributed by atoms with Gasteiger partial charge in [-0.05, 0) is 26.8 Å². The van der Waals surface area contributed by atoms with Crippen molar-refractivity contribution in [2.45, 2.75) is 32.9 Å². The summed E-state index contributed by atoms with van der Waals surface area (Å²) in [4.78, 5) is 11.5. The number of rotatable bonds is 3. The fourth-order valence-electron chi connectivity index (χ4n) is 1.33. The fraction of sp³-hybridized carbons (Fsp3) is 0.462. The van der Waals surface area contributed by atoms with Crippen LogP contribution in [0.3, 0.4) is 0 Å². The van der Waals surface area contributed by atoms with E-state index in [1.807, 2.05) is 45.0 Å². The van der Waals surface area contributed by atoms with Gasteiger partial charge in [0.2, 0.25) is 0 Å². The first kappa shape index (κ1) is 13.4. The Morgan fingerprint density at radius 3 is 2.53 bits per heavy atom. The van der Waals surface area contributed by atoms with E-state index in [2.05, 4.69) is 5.32 Å². The molecule has 17 heavy (non-hydrogen) atoms. The number of para-hydroxylation sites is 1. The molecule has 1 aromatic carbocycles. The molecule has 0 atom stereocenters. The minimum absolute atomic E-state index is 0.388. The van der Waals surface area contributed by atoms with E-state index in [0.717, 1.165) is 11.3 Å². The van der Waals surface area contributed by atoms with E-state index in [-0.39, 0.29) is 0 Å². The molecule has 0 spiro atoms. The van der Waals surface area contributed by atoms with Crippen molar-refractivity contribution in [3.05, 3.63) is 29.8 Å². The van der Waals surface area contributed by atoms with Gasteiger partial charge in [-0.1, -0.05) is 18.2 Å². The number of alkyl carbamates (subject to hydrolysis) is 1. The molecule has 0 aliphatic rings. The van der Waals surface area contributed by atoms with Crippen LogP contribution in [0.4, 0.5) is 4.79 Å². The van der Waals surface area contributed by atoms with Gasteiger partial charge in [0.05, 0.1) is 7.11 Å². The molecule has 4 heteroatoms. The Bertz CT molecular complexity index is 382. The van der Waals surface area contributed by atoms with Crippen molar-refractivity contribution >= 4 is 6.09 Å². The smallest absolute Gasteiger partial charge is 0.407 e. The number of amides is 1. The molecule has 1 amide bonds. The van der Waals surface area contributed by atoms with Gasteiger partial charge in [-0.2, -0.15) is 0 Å². The zero-order chi connectivity index (χ0) is 12.9. The Balaban J connectivity index is 2.53. The van der Waals surface area contributed by atoms with Gasteiger partial charge in [0.15, 0.2) is 0 Å². The van der Waals surface area contributed by atoms with Crippen LogP contribution < -0.4 is 10.1 Å². The molecule has 0 saturated carbocycles. The van der Waals surface area contributed by atoms with Crippen molar-refractivity contribution in [1.29, 1.82) is 0 Å². The molecule has 1 N–H and O–H groups in total. The number of benzene rings is 1. The zero-order valence-corrected chi connectivity index (χ0v) is 10.7. The molecule has 1 aromatic rings. The summed E-state index contributed by atoms with van der Waals surface area (Å²) in [6.07, 6.45) is -0.427. The van der Waals surface area contributed by atoms with Crippen LogP contribution in [0.5, 0.6) is 5.75 Å². The maximum absolute atomic E-state index is 11.5. The largest absolute Gasteiger partial charge is 0.496 e. The van der Waals surface area contributed by atoms with E-state index in [1.54, 1.807) is 7.11 Å². The van der Waals surface area contributed by atoms with Gasteiger partial charge in [0, 0.05) is 12.1 Å².